The molecule has 7 nitrogen and oxygen atoms in total. The molecule has 4 amide bonds. The Bertz CT molecular complexity index is 1020. The van der Waals surface area contributed by atoms with Crippen LogP contribution in [0.1, 0.15) is 34.8 Å². The summed E-state index contributed by atoms with van der Waals surface area (Å²) in [4.78, 5) is 50.7. The van der Waals surface area contributed by atoms with Gasteiger partial charge in [0.1, 0.15) is 12.1 Å². The molecule has 2 aromatic rings. The Hall–Kier alpha value is -3.48. The molecule has 0 aromatic heterocycles. The van der Waals surface area contributed by atoms with Crippen molar-refractivity contribution in [2.24, 2.45) is 0 Å². The number of rotatable bonds is 4. The lowest BCUT2D eigenvalue weighted by Gasteiger charge is -2.22. The standard InChI is InChI=1S/C21H19N3O4/c1-13(25)15-7-3-5-9-17(15)22-18(26)12-24-19(27)21(23-20(24)28)11-10-14-6-2-4-8-16(14)21/h2-9H,10-12H2,1H3,(H,22,26)(H,23,28)/t21-/m0/s1. The minimum Gasteiger partial charge on any atom is -0.324 e. The van der Waals surface area contributed by atoms with Crippen LogP contribution in [0.4, 0.5) is 10.5 Å². The molecular weight excluding hydrogens is 358 g/mol. The van der Waals surface area contributed by atoms with Gasteiger partial charge in [-0.3, -0.25) is 19.3 Å². The molecule has 2 N–H and O–H groups in total. The highest BCUT2D eigenvalue weighted by Gasteiger charge is 2.55. The average molecular weight is 377 g/mol. The van der Waals surface area contributed by atoms with E-state index in [0.717, 1.165) is 16.0 Å². The highest BCUT2D eigenvalue weighted by molar-refractivity contribution is 6.11. The predicted octanol–water partition coefficient (Wildman–Crippen LogP) is 2.22. The number of fused-ring (bicyclic) bond motifs is 2. The molecular formula is C21H19N3O4. The van der Waals surface area contributed by atoms with Gasteiger partial charge in [-0.2, -0.15) is 0 Å². The molecule has 2 aliphatic rings. The monoisotopic (exact) mass is 377 g/mol. The highest BCUT2D eigenvalue weighted by atomic mass is 16.2. The fourth-order valence-electron chi connectivity index (χ4n) is 3.97. The molecule has 7 heteroatoms. The first-order valence-electron chi connectivity index (χ1n) is 9.05. The first-order chi connectivity index (χ1) is 13.4. The quantitative estimate of drug-likeness (QED) is 0.631. The topological polar surface area (TPSA) is 95.6 Å². The maximum absolute atomic E-state index is 13.1. The molecule has 1 aliphatic carbocycles. The summed E-state index contributed by atoms with van der Waals surface area (Å²) in [7, 11) is 0. The first kappa shape index (κ1) is 17.9. The second-order valence-corrected chi connectivity index (χ2v) is 7.03. The van der Waals surface area contributed by atoms with Crippen molar-refractivity contribution in [3.05, 3.63) is 65.2 Å². The molecule has 1 aliphatic heterocycles. The lowest BCUT2D eigenvalue weighted by Crippen LogP contribution is -2.43. The van der Waals surface area contributed by atoms with Crippen LogP contribution in [0.5, 0.6) is 0 Å². The Morgan fingerprint density at radius 3 is 2.61 bits per heavy atom. The lowest BCUT2D eigenvalue weighted by atomic mass is 9.92. The van der Waals surface area contributed by atoms with Crippen molar-refractivity contribution < 1.29 is 19.2 Å². The van der Waals surface area contributed by atoms with E-state index in [1.54, 1.807) is 24.3 Å². The van der Waals surface area contributed by atoms with Gasteiger partial charge in [0.05, 0.1) is 5.69 Å². The average Bonchev–Trinajstić information content (AvgIpc) is 3.16. The number of nitrogens with zero attached hydrogens (tertiary/aromatic N) is 1. The van der Waals surface area contributed by atoms with E-state index < -0.39 is 29.9 Å². The highest BCUT2D eigenvalue weighted by Crippen LogP contribution is 2.41. The second-order valence-electron chi connectivity index (χ2n) is 7.03. The number of anilines is 1. The van der Waals surface area contributed by atoms with E-state index in [-0.39, 0.29) is 5.78 Å². The molecule has 0 radical (unpaired) electrons. The molecule has 4 rings (SSSR count). The minimum absolute atomic E-state index is 0.188. The number of amides is 4. The van der Waals surface area contributed by atoms with E-state index in [2.05, 4.69) is 10.6 Å². The maximum atomic E-state index is 13.1. The summed E-state index contributed by atoms with van der Waals surface area (Å²) in [6, 6.07) is 13.5. The number of carbonyl (C=O) groups excluding carboxylic acids is 4. The summed E-state index contributed by atoms with van der Waals surface area (Å²) in [5.74, 6) is -1.15. The third-order valence-electron chi connectivity index (χ3n) is 5.30. The fourth-order valence-corrected chi connectivity index (χ4v) is 3.97. The van der Waals surface area contributed by atoms with Gasteiger partial charge in [0.15, 0.2) is 5.78 Å². The first-order valence-corrected chi connectivity index (χ1v) is 9.05. The van der Waals surface area contributed by atoms with Crippen molar-refractivity contribution >= 4 is 29.3 Å². The SMILES string of the molecule is CC(=O)c1ccccc1NC(=O)CN1C(=O)N[C@]2(CCc3ccccc32)C1=O. The van der Waals surface area contributed by atoms with E-state index >= 15 is 0 Å². The van der Waals surface area contributed by atoms with Crippen molar-refractivity contribution in [2.75, 3.05) is 11.9 Å². The number of urea groups is 1. The predicted molar refractivity (Wildman–Crippen MR) is 102 cm³/mol. The largest absolute Gasteiger partial charge is 0.325 e. The smallest absolute Gasteiger partial charge is 0.324 e. The van der Waals surface area contributed by atoms with Crippen LogP contribution in [-0.4, -0.2) is 35.1 Å². The van der Waals surface area contributed by atoms with Gasteiger partial charge in [0, 0.05) is 5.56 Å². The number of hydrogen-bond donors (Lipinski definition) is 2. The number of ketones is 1. The Morgan fingerprint density at radius 2 is 1.82 bits per heavy atom. The van der Waals surface area contributed by atoms with Crippen molar-refractivity contribution in [2.45, 2.75) is 25.3 Å². The Labute approximate surface area is 161 Å². The van der Waals surface area contributed by atoms with E-state index in [1.807, 2.05) is 24.3 Å². The van der Waals surface area contributed by atoms with Crippen LogP contribution in [0.15, 0.2) is 48.5 Å². The van der Waals surface area contributed by atoms with Gasteiger partial charge in [-0.05, 0) is 43.0 Å². The molecule has 142 valence electrons. The molecule has 0 saturated carbocycles. The van der Waals surface area contributed by atoms with E-state index in [9.17, 15) is 19.2 Å². The zero-order chi connectivity index (χ0) is 19.9. The van der Waals surface area contributed by atoms with Gasteiger partial charge < -0.3 is 10.6 Å². The van der Waals surface area contributed by atoms with Crippen LogP contribution in [0.25, 0.3) is 0 Å². The number of imide groups is 1. The van der Waals surface area contributed by atoms with Crippen LogP contribution in [0.2, 0.25) is 0 Å². The van der Waals surface area contributed by atoms with Crippen molar-refractivity contribution in [1.82, 2.24) is 10.2 Å². The van der Waals surface area contributed by atoms with E-state index in [1.165, 1.54) is 6.92 Å². The number of benzene rings is 2. The van der Waals surface area contributed by atoms with Crippen LogP contribution in [0.3, 0.4) is 0 Å². The summed E-state index contributed by atoms with van der Waals surface area (Å²) in [5, 5.41) is 5.41. The van der Waals surface area contributed by atoms with Gasteiger partial charge in [-0.1, -0.05) is 36.4 Å². The molecule has 1 saturated heterocycles. The summed E-state index contributed by atoms with van der Waals surface area (Å²) < 4.78 is 0. The number of aryl methyl sites for hydroxylation is 1. The Morgan fingerprint density at radius 1 is 1.11 bits per heavy atom. The molecule has 0 unspecified atom stereocenters. The van der Waals surface area contributed by atoms with E-state index in [4.69, 9.17) is 0 Å². The summed E-state index contributed by atoms with van der Waals surface area (Å²) >= 11 is 0. The van der Waals surface area contributed by atoms with Gasteiger partial charge >= 0.3 is 6.03 Å². The van der Waals surface area contributed by atoms with Gasteiger partial charge in [0.25, 0.3) is 5.91 Å². The normalized spacial score (nSPS) is 20.2. The molecule has 1 spiro atoms. The maximum Gasteiger partial charge on any atom is 0.325 e. The number of hydrogen-bond acceptors (Lipinski definition) is 4. The van der Waals surface area contributed by atoms with Crippen LogP contribution < -0.4 is 10.6 Å². The van der Waals surface area contributed by atoms with Crippen molar-refractivity contribution in [3.63, 3.8) is 0 Å². The second kappa shape index (κ2) is 6.60. The number of para-hydroxylation sites is 1. The number of carbonyl (C=O) groups is 4. The molecule has 1 heterocycles. The zero-order valence-corrected chi connectivity index (χ0v) is 15.3. The molecule has 2 aromatic carbocycles. The van der Waals surface area contributed by atoms with Gasteiger partial charge in [-0.25, -0.2) is 4.79 Å². The van der Waals surface area contributed by atoms with Gasteiger partial charge in [-0.15, -0.1) is 0 Å². The van der Waals surface area contributed by atoms with Crippen molar-refractivity contribution in [1.29, 1.82) is 0 Å². The lowest BCUT2D eigenvalue weighted by molar-refractivity contribution is -0.134. The van der Waals surface area contributed by atoms with Crippen LogP contribution in [-0.2, 0) is 21.5 Å². The van der Waals surface area contributed by atoms with Gasteiger partial charge in [0.2, 0.25) is 5.91 Å². The minimum atomic E-state index is -1.09. The molecule has 28 heavy (non-hydrogen) atoms. The summed E-state index contributed by atoms with van der Waals surface area (Å²) in [6.45, 7) is 0.991. The zero-order valence-electron chi connectivity index (χ0n) is 15.3. The fraction of sp³-hybridized carbons (Fsp3) is 0.238. The summed E-state index contributed by atoms with van der Waals surface area (Å²) in [5.41, 5.74) is 1.45. The van der Waals surface area contributed by atoms with Crippen LogP contribution in [0, 0.1) is 0 Å². The Balaban J connectivity index is 1.54. The number of Topliss-reactive ketones (excluding diaryl/α,β-unsaturated/α-hetero) is 1. The molecule has 1 atom stereocenters. The third-order valence-corrected chi connectivity index (χ3v) is 5.30. The van der Waals surface area contributed by atoms with Crippen LogP contribution >= 0.6 is 0 Å². The third kappa shape index (κ3) is 2.76. The Kier molecular flexibility index (Phi) is 4.22. The molecule has 0 bridgehead atoms. The molecule has 1 fully saturated rings. The number of nitrogens with one attached hydrogen (secondary N) is 2. The summed E-state index contributed by atoms with van der Waals surface area (Å²) in [6.07, 6.45) is 1.16. The van der Waals surface area contributed by atoms with Crippen molar-refractivity contribution in [3.8, 4) is 0 Å². The van der Waals surface area contributed by atoms with E-state index in [0.29, 0.717) is 24.1 Å².